The summed E-state index contributed by atoms with van der Waals surface area (Å²) in [6.45, 7) is 4.74. The molecule has 1 nitrogen and oxygen atoms in total. The average Bonchev–Trinajstić information content (AvgIpc) is 3.59. The van der Waals surface area contributed by atoms with Gasteiger partial charge in [0.25, 0.3) is 0 Å². The van der Waals surface area contributed by atoms with E-state index in [1.54, 1.807) is 11.3 Å². The van der Waals surface area contributed by atoms with E-state index in [-0.39, 0.29) is 5.41 Å². The van der Waals surface area contributed by atoms with Crippen molar-refractivity contribution >= 4 is 43.1 Å². The lowest BCUT2D eigenvalue weighted by Gasteiger charge is -2.24. The third kappa shape index (κ3) is 3.61. The van der Waals surface area contributed by atoms with E-state index >= 15 is 0 Å². The third-order valence-electron chi connectivity index (χ3n) is 9.51. The highest BCUT2D eigenvalue weighted by molar-refractivity contribution is 7.21. The highest BCUT2D eigenvalue weighted by Crippen LogP contribution is 2.54. The first kappa shape index (κ1) is 25.4. The van der Waals surface area contributed by atoms with Crippen molar-refractivity contribution in [3.05, 3.63) is 151 Å². The number of rotatable bonds is 3. The molecular weight excluding hydrogens is 551 g/mol. The van der Waals surface area contributed by atoms with E-state index in [0.717, 1.165) is 10.5 Å². The Morgan fingerprint density at radius 1 is 0.477 bits per heavy atom. The Bertz CT molecular complexity index is 2380. The molecule has 0 fully saturated rings. The van der Waals surface area contributed by atoms with Gasteiger partial charge in [-0.1, -0.05) is 129 Å². The lowest BCUT2D eigenvalue weighted by atomic mass is 9.79. The van der Waals surface area contributed by atoms with Crippen LogP contribution in [0.3, 0.4) is 0 Å². The van der Waals surface area contributed by atoms with E-state index in [9.17, 15) is 0 Å². The summed E-state index contributed by atoms with van der Waals surface area (Å²) in [5.41, 5.74) is 12.6. The molecule has 0 unspecified atom stereocenters. The predicted octanol–water partition coefficient (Wildman–Crippen LogP) is 11.9. The maximum atomic E-state index is 5.24. The molecule has 0 aliphatic heterocycles. The van der Waals surface area contributed by atoms with E-state index in [2.05, 4.69) is 153 Å². The van der Waals surface area contributed by atoms with Crippen LogP contribution in [0, 0.1) is 0 Å². The zero-order valence-corrected chi connectivity index (χ0v) is 25.5. The molecule has 8 aromatic rings. The van der Waals surface area contributed by atoms with Crippen LogP contribution in [0.2, 0.25) is 0 Å². The molecule has 0 bridgehead atoms. The highest BCUT2D eigenvalue weighted by atomic mass is 32.1. The van der Waals surface area contributed by atoms with Gasteiger partial charge in [0.15, 0.2) is 0 Å². The molecule has 208 valence electrons. The maximum Gasteiger partial charge on any atom is 0.125 e. The van der Waals surface area contributed by atoms with Gasteiger partial charge in [-0.05, 0) is 90.3 Å². The molecule has 44 heavy (non-hydrogen) atoms. The molecular formula is C42H29NS. The molecule has 1 heterocycles. The number of thiazole rings is 1. The molecule has 1 aliphatic carbocycles. The summed E-state index contributed by atoms with van der Waals surface area (Å²) in [6, 6.07) is 51.0. The minimum Gasteiger partial charge on any atom is -0.236 e. The molecule has 1 aromatic heterocycles. The smallest absolute Gasteiger partial charge is 0.125 e. The average molecular weight is 580 g/mol. The highest BCUT2D eigenvalue weighted by Gasteiger charge is 2.36. The molecule has 0 amide bonds. The summed E-state index contributed by atoms with van der Waals surface area (Å²) in [7, 11) is 0. The van der Waals surface area contributed by atoms with Crippen LogP contribution in [0.4, 0.5) is 0 Å². The van der Waals surface area contributed by atoms with Crippen LogP contribution in [0.1, 0.15) is 25.0 Å². The molecule has 9 rings (SSSR count). The fourth-order valence-corrected chi connectivity index (χ4v) is 8.48. The zero-order valence-electron chi connectivity index (χ0n) is 24.6. The molecule has 0 saturated heterocycles. The van der Waals surface area contributed by atoms with Crippen LogP contribution in [0.5, 0.6) is 0 Å². The maximum absolute atomic E-state index is 5.24. The fraction of sp³-hybridized carbons (Fsp3) is 0.0714. The SMILES string of the molecule is CC1(C)c2ccccc2-c2cc3c(-c4nc5ccccc5s4)c4ccccc4c(-c4ccccc4-c4ccccc4)c3cc21. The minimum atomic E-state index is -0.0992. The van der Waals surface area contributed by atoms with Crippen LogP contribution in [0.25, 0.3) is 75.7 Å². The monoisotopic (exact) mass is 579 g/mol. The quantitative estimate of drug-likeness (QED) is 0.190. The lowest BCUT2D eigenvalue weighted by Crippen LogP contribution is -2.14. The van der Waals surface area contributed by atoms with Crippen molar-refractivity contribution in [3.8, 4) is 44.0 Å². The van der Waals surface area contributed by atoms with Crippen molar-refractivity contribution < 1.29 is 0 Å². The van der Waals surface area contributed by atoms with E-state index < -0.39 is 0 Å². The van der Waals surface area contributed by atoms with Crippen LogP contribution in [-0.2, 0) is 5.41 Å². The second kappa shape index (κ2) is 9.47. The Balaban J connectivity index is 1.48. The van der Waals surface area contributed by atoms with Crippen LogP contribution in [0.15, 0.2) is 140 Å². The number of aromatic nitrogens is 1. The van der Waals surface area contributed by atoms with Gasteiger partial charge in [0.1, 0.15) is 5.01 Å². The minimum absolute atomic E-state index is 0.0992. The summed E-state index contributed by atoms with van der Waals surface area (Å²) in [6.07, 6.45) is 0. The molecule has 0 radical (unpaired) electrons. The number of fused-ring (bicyclic) bond motifs is 6. The van der Waals surface area contributed by atoms with Gasteiger partial charge in [-0.2, -0.15) is 0 Å². The van der Waals surface area contributed by atoms with Gasteiger partial charge < -0.3 is 0 Å². The topological polar surface area (TPSA) is 12.9 Å². The van der Waals surface area contributed by atoms with E-state index in [1.807, 2.05) is 0 Å². The molecule has 1 aliphatic rings. The first-order valence-corrected chi connectivity index (χ1v) is 16.0. The van der Waals surface area contributed by atoms with Crippen LogP contribution >= 0.6 is 11.3 Å². The second-order valence-electron chi connectivity index (χ2n) is 12.3. The molecule has 0 spiro atoms. The Kier molecular flexibility index (Phi) is 5.48. The first-order chi connectivity index (χ1) is 21.6. The summed E-state index contributed by atoms with van der Waals surface area (Å²) >= 11 is 1.79. The van der Waals surface area contributed by atoms with Gasteiger partial charge in [0, 0.05) is 11.0 Å². The predicted molar refractivity (Wildman–Crippen MR) is 189 cm³/mol. The van der Waals surface area contributed by atoms with Gasteiger partial charge in [-0.15, -0.1) is 11.3 Å². The van der Waals surface area contributed by atoms with Gasteiger partial charge in [0.05, 0.1) is 10.2 Å². The van der Waals surface area contributed by atoms with Gasteiger partial charge in [-0.3, -0.25) is 0 Å². The zero-order chi connectivity index (χ0) is 29.4. The summed E-state index contributed by atoms with van der Waals surface area (Å²) in [5.74, 6) is 0. The molecule has 0 atom stereocenters. The first-order valence-electron chi connectivity index (χ1n) is 15.2. The van der Waals surface area contributed by atoms with Gasteiger partial charge in [0.2, 0.25) is 0 Å². The van der Waals surface area contributed by atoms with Crippen molar-refractivity contribution in [2.75, 3.05) is 0 Å². The van der Waals surface area contributed by atoms with Crippen molar-refractivity contribution in [1.29, 1.82) is 0 Å². The van der Waals surface area contributed by atoms with E-state index in [0.29, 0.717) is 0 Å². The fourth-order valence-electron chi connectivity index (χ4n) is 7.44. The van der Waals surface area contributed by atoms with Gasteiger partial charge >= 0.3 is 0 Å². The van der Waals surface area contributed by atoms with Crippen molar-refractivity contribution in [1.82, 2.24) is 4.98 Å². The Labute approximate surface area is 261 Å². The van der Waals surface area contributed by atoms with Crippen molar-refractivity contribution in [2.45, 2.75) is 19.3 Å². The van der Waals surface area contributed by atoms with Gasteiger partial charge in [-0.25, -0.2) is 4.98 Å². The standard InChI is InChI=1S/C42H29NS/c1-42(2)35-21-11-10-17-28(35)32-24-33-34(25-36(32)42)39(29-18-7-6-16-27(29)26-14-4-3-5-15-26)30-19-8-9-20-31(30)40(33)41-43-37-22-12-13-23-38(37)44-41/h3-25H,1-2H3. The molecule has 0 saturated carbocycles. The Hall–Kier alpha value is -5.05. The summed E-state index contributed by atoms with van der Waals surface area (Å²) < 4.78 is 1.21. The Morgan fingerprint density at radius 2 is 1.09 bits per heavy atom. The van der Waals surface area contributed by atoms with Crippen LogP contribution in [-0.4, -0.2) is 4.98 Å². The lowest BCUT2D eigenvalue weighted by molar-refractivity contribution is 0.661. The number of hydrogen-bond acceptors (Lipinski definition) is 2. The number of nitrogens with zero attached hydrogens (tertiary/aromatic N) is 1. The largest absolute Gasteiger partial charge is 0.236 e. The normalized spacial score (nSPS) is 13.4. The number of hydrogen-bond donors (Lipinski definition) is 0. The van der Waals surface area contributed by atoms with Crippen LogP contribution < -0.4 is 0 Å². The van der Waals surface area contributed by atoms with E-state index in [4.69, 9.17) is 4.98 Å². The molecule has 2 heteroatoms. The van der Waals surface area contributed by atoms with Crippen molar-refractivity contribution in [3.63, 3.8) is 0 Å². The molecule has 7 aromatic carbocycles. The third-order valence-corrected chi connectivity index (χ3v) is 10.6. The Morgan fingerprint density at radius 3 is 1.89 bits per heavy atom. The number of para-hydroxylation sites is 1. The summed E-state index contributed by atoms with van der Waals surface area (Å²) in [5, 5.41) is 6.10. The molecule has 0 N–H and O–H groups in total. The summed E-state index contributed by atoms with van der Waals surface area (Å²) in [4.78, 5) is 5.24. The second-order valence-corrected chi connectivity index (χ2v) is 13.3. The number of benzene rings is 7. The van der Waals surface area contributed by atoms with E-state index in [1.165, 1.54) is 76.3 Å². The van der Waals surface area contributed by atoms with Crippen molar-refractivity contribution in [2.24, 2.45) is 0 Å².